The highest BCUT2D eigenvalue weighted by Gasteiger charge is 2.31. The molecule has 1 aliphatic heterocycles. The van der Waals surface area contributed by atoms with Crippen LogP contribution in [0.3, 0.4) is 0 Å². The number of imide groups is 1. The number of carboxylic acid groups (broad SMARTS) is 1. The van der Waals surface area contributed by atoms with Gasteiger partial charge in [0.25, 0.3) is 0 Å². The average molecular weight is 340 g/mol. The van der Waals surface area contributed by atoms with E-state index in [2.05, 4.69) is 22.1 Å². The minimum Gasteiger partial charge on any atom is -0.478 e. The van der Waals surface area contributed by atoms with Crippen molar-refractivity contribution < 1.29 is 24.3 Å². The molecule has 0 aromatic carbocycles. The first-order valence-corrected chi connectivity index (χ1v) is 6.64. The molecule has 1 saturated heterocycles. The molecule has 1 aliphatic rings. The molecular formula is C13H20N6O5. The Morgan fingerprint density at radius 3 is 2.04 bits per heavy atom. The van der Waals surface area contributed by atoms with Crippen molar-refractivity contribution in [3.8, 4) is 0 Å². The number of amides is 2. The zero-order valence-corrected chi connectivity index (χ0v) is 13.3. The van der Waals surface area contributed by atoms with Gasteiger partial charge in [0.1, 0.15) is 17.2 Å². The molecule has 0 aliphatic carbocycles. The van der Waals surface area contributed by atoms with Crippen LogP contribution in [0.2, 0.25) is 0 Å². The van der Waals surface area contributed by atoms with Crippen LogP contribution in [0.4, 0.5) is 11.5 Å². The number of aromatic carboxylic acids is 1. The van der Waals surface area contributed by atoms with E-state index in [0.717, 1.165) is 11.1 Å². The number of hydrazine groups is 2. The van der Waals surface area contributed by atoms with Crippen molar-refractivity contribution in [1.82, 2.24) is 4.98 Å². The molecule has 8 N–H and O–H groups in total. The number of aromatic nitrogens is 1. The van der Waals surface area contributed by atoms with Crippen molar-refractivity contribution in [3.05, 3.63) is 17.8 Å². The Bertz CT molecular complexity index is 613. The van der Waals surface area contributed by atoms with E-state index in [1.165, 1.54) is 19.9 Å². The first kappa shape index (κ1) is 21.1. The largest absolute Gasteiger partial charge is 0.478 e. The Hall–Kier alpha value is -2.89. The molecule has 2 rings (SSSR count). The highest BCUT2D eigenvalue weighted by molar-refractivity contribution is 6.19. The molecule has 1 aromatic heterocycles. The van der Waals surface area contributed by atoms with Gasteiger partial charge in [0.2, 0.25) is 11.8 Å². The van der Waals surface area contributed by atoms with Gasteiger partial charge in [-0.05, 0) is 13.8 Å². The van der Waals surface area contributed by atoms with Crippen LogP contribution in [0, 0.1) is 0 Å². The molecule has 0 atom stereocenters. The molecule has 1 fully saturated rings. The molecule has 0 spiro atoms. The van der Waals surface area contributed by atoms with Gasteiger partial charge >= 0.3 is 5.97 Å². The molecule has 11 heteroatoms. The molecule has 0 saturated carbocycles. The van der Waals surface area contributed by atoms with Crippen molar-refractivity contribution in [1.29, 1.82) is 0 Å². The fourth-order valence-electron chi connectivity index (χ4n) is 1.69. The zero-order valence-electron chi connectivity index (χ0n) is 13.3. The van der Waals surface area contributed by atoms with Gasteiger partial charge in [-0.2, -0.15) is 0 Å². The van der Waals surface area contributed by atoms with Gasteiger partial charge in [-0.15, -0.1) is 0 Å². The van der Waals surface area contributed by atoms with Gasteiger partial charge in [0.15, 0.2) is 0 Å². The number of ketones is 1. The van der Waals surface area contributed by atoms with E-state index in [-0.39, 0.29) is 47.5 Å². The maximum atomic E-state index is 11.5. The Morgan fingerprint density at radius 2 is 1.67 bits per heavy atom. The summed E-state index contributed by atoms with van der Waals surface area (Å²) in [6.07, 6.45) is 1.31. The predicted molar refractivity (Wildman–Crippen MR) is 85.5 cm³/mol. The van der Waals surface area contributed by atoms with Crippen LogP contribution < -0.4 is 27.9 Å². The molecule has 11 nitrogen and oxygen atoms in total. The highest BCUT2D eigenvalue weighted by atomic mass is 16.4. The van der Waals surface area contributed by atoms with E-state index in [1.54, 1.807) is 0 Å². The number of hydrogen-bond donors (Lipinski definition) is 5. The SMILES string of the molecule is CC(C)=O.NN.NNc1cc(N2C(=O)CCC2=O)ncc1C(=O)O. The number of nitrogens with zero attached hydrogens (tertiary/aromatic N) is 2. The summed E-state index contributed by atoms with van der Waals surface area (Å²) in [7, 11) is 0. The van der Waals surface area contributed by atoms with Gasteiger partial charge in [0.05, 0.1) is 5.69 Å². The lowest BCUT2D eigenvalue weighted by Gasteiger charge is -2.14. The second kappa shape index (κ2) is 9.99. The third-order valence-corrected chi connectivity index (χ3v) is 2.56. The standard InChI is InChI=1S/C10H10N4O4.C3H6O.H4N2/c11-13-6-3-7(12-4-5(6)10(17)18)14-8(15)1-2-9(14)16;1-3(2)4;1-2/h3-4H,1-2,11H2,(H,12,13)(H,17,18);1-2H3;1-2H2. The van der Waals surface area contributed by atoms with Crippen molar-refractivity contribution in [2.75, 3.05) is 10.3 Å². The molecule has 24 heavy (non-hydrogen) atoms. The molecule has 0 unspecified atom stereocenters. The van der Waals surface area contributed by atoms with Crippen LogP contribution in [0.25, 0.3) is 0 Å². The van der Waals surface area contributed by atoms with E-state index in [9.17, 15) is 19.2 Å². The van der Waals surface area contributed by atoms with E-state index in [4.69, 9.17) is 10.9 Å². The summed E-state index contributed by atoms with van der Waals surface area (Å²) >= 11 is 0. The quantitative estimate of drug-likeness (QED) is 0.262. The fourth-order valence-corrected chi connectivity index (χ4v) is 1.69. The number of carboxylic acids is 1. The number of nitrogens with one attached hydrogen (secondary N) is 1. The summed E-state index contributed by atoms with van der Waals surface area (Å²) in [5, 5.41) is 8.87. The third kappa shape index (κ3) is 5.72. The Balaban J connectivity index is 0.000000773. The normalized spacial score (nSPS) is 12.6. The summed E-state index contributed by atoms with van der Waals surface area (Å²) in [5.41, 5.74) is 2.15. The summed E-state index contributed by atoms with van der Waals surface area (Å²) < 4.78 is 0. The van der Waals surface area contributed by atoms with E-state index < -0.39 is 5.97 Å². The van der Waals surface area contributed by atoms with Gasteiger partial charge in [-0.1, -0.05) is 0 Å². The number of carbonyl (C=O) groups excluding carboxylic acids is 3. The number of carbonyl (C=O) groups is 4. The minimum absolute atomic E-state index is 0.0699. The smallest absolute Gasteiger partial charge is 0.339 e. The molecular weight excluding hydrogens is 320 g/mol. The number of hydrogen-bond acceptors (Lipinski definition) is 9. The van der Waals surface area contributed by atoms with Gasteiger partial charge in [0, 0.05) is 25.1 Å². The lowest BCUT2D eigenvalue weighted by Crippen LogP contribution is -2.29. The zero-order chi connectivity index (χ0) is 18.9. The molecule has 1 aromatic rings. The lowest BCUT2D eigenvalue weighted by atomic mass is 10.2. The summed E-state index contributed by atoms with van der Waals surface area (Å²) in [4.78, 5) is 48.0. The van der Waals surface area contributed by atoms with E-state index in [0.29, 0.717) is 0 Å². The number of nitrogen functional groups attached to an aromatic ring is 1. The van der Waals surface area contributed by atoms with Crippen LogP contribution >= 0.6 is 0 Å². The van der Waals surface area contributed by atoms with Gasteiger partial charge in [-0.25, -0.2) is 14.7 Å². The fraction of sp³-hybridized carbons (Fsp3) is 0.308. The second-order valence-electron chi connectivity index (χ2n) is 4.57. The number of rotatable bonds is 3. The average Bonchev–Trinajstić information content (AvgIpc) is 2.87. The maximum Gasteiger partial charge on any atom is 0.339 e. The van der Waals surface area contributed by atoms with Crippen molar-refractivity contribution in [2.24, 2.45) is 17.5 Å². The number of Topliss-reactive ketones (excluding diaryl/α,β-unsaturated/α-hetero) is 1. The summed E-state index contributed by atoms with van der Waals surface area (Å²) in [6, 6.07) is 1.25. The number of anilines is 2. The molecule has 132 valence electrons. The van der Waals surface area contributed by atoms with Crippen LogP contribution in [0.15, 0.2) is 12.3 Å². The van der Waals surface area contributed by atoms with Crippen molar-refractivity contribution in [3.63, 3.8) is 0 Å². The van der Waals surface area contributed by atoms with Crippen molar-refractivity contribution in [2.45, 2.75) is 26.7 Å². The monoisotopic (exact) mass is 340 g/mol. The molecule has 2 amide bonds. The second-order valence-corrected chi connectivity index (χ2v) is 4.57. The molecule has 0 radical (unpaired) electrons. The van der Waals surface area contributed by atoms with E-state index >= 15 is 0 Å². The topological polar surface area (TPSA) is 195 Å². The Kier molecular flexibility index (Phi) is 8.79. The lowest BCUT2D eigenvalue weighted by molar-refractivity contribution is -0.121. The Morgan fingerprint density at radius 1 is 1.21 bits per heavy atom. The van der Waals surface area contributed by atoms with Crippen LogP contribution in [0.5, 0.6) is 0 Å². The minimum atomic E-state index is -1.21. The van der Waals surface area contributed by atoms with Crippen LogP contribution in [0.1, 0.15) is 37.0 Å². The Labute approximate surface area is 137 Å². The number of pyridine rings is 1. The number of nitrogens with two attached hydrogens (primary N) is 3. The first-order chi connectivity index (χ1) is 11.3. The van der Waals surface area contributed by atoms with E-state index in [1.807, 2.05) is 0 Å². The summed E-state index contributed by atoms with van der Waals surface area (Å²) in [6.45, 7) is 3.06. The summed E-state index contributed by atoms with van der Waals surface area (Å²) in [5.74, 6) is 11.5. The van der Waals surface area contributed by atoms with Gasteiger partial charge < -0.3 is 15.3 Å². The first-order valence-electron chi connectivity index (χ1n) is 6.64. The van der Waals surface area contributed by atoms with Crippen molar-refractivity contribution >= 4 is 35.1 Å². The maximum absolute atomic E-state index is 11.5. The highest BCUT2D eigenvalue weighted by Crippen LogP contribution is 2.24. The predicted octanol–water partition coefficient (Wildman–Crippen LogP) is -0.867. The third-order valence-electron chi connectivity index (χ3n) is 2.56. The molecule has 0 bridgehead atoms. The van der Waals surface area contributed by atoms with Crippen LogP contribution in [-0.2, 0) is 14.4 Å². The molecule has 2 heterocycles. The van der Waals surface area contributed by atoms with Gasteiger partial charge in [-0.3, -0.25) is 27.1 Å². The van der Waals surface area contributed by atoms with Crippen LogP contribution in [-0.4, -0.2) is 33.7 Å².